The Morgan fingerprint density at radius 1 is 1.15 bits per heavy atom. The monoisotopic (exact) mass is 268 g/mol. The second-order valence-corrected chi connectivity index (χ2v) is 4.89. The van der Waals surface area contributed by atoms with Gasteiger partial charge in [0.05, 0.1) is 17.1 Å². The lowest BCUT2D eigenvalue weighted by Gasteiger charge is -2.15. The van der Waals surface area contributed by atoms with Crippen molar-refractivity contribution in [2.24, 2.45) is 12.0 Å². The van der Waals surface area contributed by atoms with E-state index in [1.54, 1.807) is 16.6 Å². The molecule has 2 heterocycles. The van der Waals surface area contributed by atoms with Crippen LogP contribution in [-0.4, -0.2) is 35.0 Å². The Hall–Kier alpha value is -2.43. The van der Waals surface area contributed by atoms with Crippen molar-refractivity contribution in [3.05, 3.63) is 47.3 Å². The van der Waals surface area contributed by atoms with Crippen molar-refractivity contribution >= 4 is 17.3 Å². The molecule has 0 saturated heterocycles. The van der Waals surface area contributed by atoms with E-state index in [4.69, 9.17) is 0 Å². The first-order chi connectivity index (χ1) is 9.59. The van der Waals surface area contributed by atoms with Gasteiger partial charge in [-0.25, -0.2) is 0 Å². The van der Waals surface area contributed by atoms with E-state index < -0.39 is 0 Å². The van der Waals surface area contributed by atoms with Crippen LogP contribution in [-0.2, 0) is 11.8 Å². The number of likely N-dealkylation sites (N-methyl/N-ethyl adjacent to an activating group) is 1. The number of aromatic nitrogens is 2. The number of carbonyl (C=O) groups is 1. The van der Waals surface area contributed by atoms with Gasteiger partial charge in [0, 0.05) is 19.7 Å². The summed E-state index contributed by atoms with van der Waals surface area (Å²) in [7, 11) is 3.66. The molecular formula is C15H16N4O. The molecule has 5 nitrogen and oxygen atoms in total. The van der Waals surface area contributed by atoms with Crippen molar-refractivity contribution < 1.29 is 4.79 Å². The third-order valence-electron chi connectivity index (χ3n) is 3.54. The van der Waals surface area contributed by atoms with E-state index in [0.717, 1.165) is 28.4 Å². The van der Waals surface area contributed by atoms with Crippen molar-refractivity contribution in [1.29, 1.82) is 0 Å². The summed E-state index contributed by atoms with van der Waals surface area (Å²) >= 11 is 0. The van der Waals surface area contributed by atoms with Crippen LogP contribution in [0.2, 0.25) is 0 Å². The number of aryl methyl sites for hydroxylation is 2. The van der Waals surface area contributed by atoms with Crippen molar-refractivity contribution in [1.82, 2.24) is 9.78 Å². The molecule has 0 aliphatic carbocycles. The average molecular weight is 268 g/mol. The van der Waals surface area contributed by atoms with Crippen LogP contribution in [0.4, 0.5) is 5.69 Å². The number of amides is 1. The highest BCUT2D eigenvalue weighted by Gasteiger charge is 2.28. The molecule has 0 atom stereocenters. The van der Waals surface area contributed by atoms with Crippen LogP contribution in [0, 0.1) is 6.92 Å². The molecule has 1 aliphatic heterocycles. The van der Waals surface area contributed by atoms with Crippen molar-refractivity contribution in [3.63, 3.8) is 0 Å². The van der Waals surface area contributed by atoms with Gasteiger partial charge in [0.15, 0.2) is 0 Å². The quantitative estimate of drug-likeness (QED) is 0.787. The molecule has 0 saturated carbocycles. The number of hydrogen-bond donors (Lipinski definition) is 0. The minimum Gasteiger partial charge on any atom is -0.310 e. The summed E-state index contributed by atoms with van der Waals surface area (Å²) in [6, 6.07) is 9.91. The zero-order valence-corrected chi connectivity index (χ0v) is 11.8. The summed E-state index contributed by atoms with van der Waals surface area (Å²) in [6.45, 7) is 2.07. The Bertz CT molecular complexity index is 700. The van der Waals surface area contributed by atoms with Gasteiger partial charge in [0.2, 0.25) is 5.91 Å². The number of benzene rings is 1. The molecule has 0 unspecified atom stereocenters. The van der Waals surface area contributed by atoms with Gasteiger partial charge in [0.1, 0.15) is 12.2 Å². The van der Waals surface area contributed by atoms with E-state index >= 15 is 0 Å². The SMILES string of the molecule is Cc1nn(C)c2c1N(C)C(=O)CN=C2c1ccccc1. The minimum absolute atomic E-state index is 0.0201. The molecule has 0 N–H and O–H groups in total. The number of nitrogens with zero attached hydrogens (tertiary/aromatic N) is 4. The molecule has 0 radical (unpaired) electrons. The molecule has 5 heteroatoms. The number of rotatable bonds is 1. The van der Waals surface area contributed by atoms with Gasteiger partial charge in [-0.3, -0.25) is 14.5 Å². The molecule has 1 aromatic heterocycles. The molecular weight excluding hydrogens is 252 g/mol. The van der Waals surface area contributed by atoms with Crippen LogP contribution in [0.5, 0.6) is 0 Å². The van der Waals surface area contributed by atoms with E-state index in [2.05, 4.69) is 10.1 Å². The molecule has 2 aromatic rings. The summed E-state index contributed by atoms with van der Waals surface area (Å²) in [5.74, 6) is -0.0201. The highest BCUT2D eigenvalue weighted by Crippen LogP contribution is 2.28. The fraction of sp³-hybridized carbons (Fsp3) is 0.267. The normalized spacial score (nSPS) is 14.8. The molecule has 102 valence electrons. The zero-order chi connectivity index (χ0) is 14.3. The topological polar surface area (TPSA) is 50.5 Å². The van der Waals surface area contributed by atoms with Gasteiger partial charge >= 0.3 is 0 Å². The van der Waals surface area contributed by atoms with Crippen LogP contribution in [0.25, 0.3) is 0 Å². The maximum absolute atomic E-state index is 12.1. The summed E-state index contributed by atoms with van der Waals surface area (Å²) < 4.78 is 1.80. The number of anilines is 1. The molecule has 3 rings (SSSR count). The van der Waals surface area contributed by atoms with E-state index in [9.17, 15) is 4.79 Å². The lowest BCUT2D eigenvalue weighted by molar-refractivity contribution is -0.116. The smallest absolute Gasteiger partial charge is 0.248 e. The summed E-state index contributed by atoms with van der Waals surface area (Å²) in [4.78, 5) is 18.3. The Kier molecular flexibility index (Phi) is 2.89. The average Bonchev–Trinajstić information content (AvgIpc) is 2.66. The number of fused-ring (bicyclic) bond motifs is 1. The standard InChI is InChI=1S/C15H16N4O/c1-10-14-15(19(3)17-10)13(11-7-5-4-6-8-11)16-9-12(20)18(14)2/h4-8H,9H2,1-3H3. The molecule has 1 amide bonds. The van der Waals surface area contributed by atoms with Crippen LogP contribution in [0.15, 0.2) is 35.3 Å². The summed E-state index contributed by atoms with van der Waals surface area (Å²) in [5, 5.41) is 4.44. The predicted molar refractivity (Wildman–Crippen MR) is 78.3 cm³/mol. The van der Waals surface area contributed by atoms with Crippen molar-refractivity contribution in [2.75, 3.05) is 18.5 Å². The van der Waals surface area contributed by atoms with Gasteiger partial charge in [-0.2, -0.15) is 5.10 Å². The first-order valence-electron chi connectivity index (χ1n) is 6.50. The number of hydrogen-bond acceptors (Lipinski definition) is 3. The highest BCUT2D eigenvalue weighted by molar-refractivity contribution is 6.18. The fourth-order valence-corrected chi connectivity index (χ4v) is 2.59. The van der Waals surface area contributed by atoms with Gasteiger partial charge in [-0.1, -0.05) is 30.3 Å². The maximum atomic E-state index is 12.1. The van der Waals surface area contributed by atoms with Crippen LogP contribution < -0.4 is 4.90 Å². The lowest BCUT2D eigenvalue weighted by Crippen LogP contribution is -2.28. The third kappa shape index (κ3) is 1.82. The molecule has 0 fully saturated rings. The lowest BCUT2D eigenvalue weighted by atomic mass is 10.1. The first kappa shape index (κ1) is 12.6. The van der Waals surface area contributed by atoms with Crippen molar-refractivity contribution in [3.8, 4) is 0 Å². The first-order valence-corrected chi connectivity index (χ1v) is 6.50. The van der Waals surface area contributed by atoms with Crippen LogP contribution >= 0.6 is 0 Å². The summed E-state index contributed by atoms with van der Waals surface area (Å²) in [6.07, 6.45) is 0. The second kappa shape index (κ2) is 4.59. The van der Waals surface area contributed by atoms with E-state index in [1.165, 1.54) is 0 Å². The largest absolute Gasteiger partial charge is 0.310 e. The summed E-state index contributed by atoms with van der Waals surface area (Å²) in [5.41, 5.74) is 4.39. The Morgan fingerprint density at radius 2 is 1.85 bits per heavy atom. The van der Waals surface area contributed by atoms with Gasteiger partial charge in [-0.15, -0.1) is 0 Å². The van der Waals surface area contributed by atoms with E-state index in [1.807, 2.05) is 44.3 Å². The van der Waals surface area contributed by atoms with Gasteiger partial charge in [0.25, 0.3) is 0 Å². The molecule has 20 heavy (non-hydrogen) atoms. The zero-order valence-electron chi connectivity index (χ0n) is 11.8. The van der Waals surface area contributed by atoms with E-state index in [0.29, 0.717) is 0 Å². The van der Waals surface area contributed by atoms with Gasteiger partial charge < -0.3 is 4.90 Å². The molecule has 0 bridgehead atoms. The second-order valence-electron chi connectivity index (χ2n) is 4.89. The van der Waals surface area contributed by atoms with Gasteiger partial charge in [-0.05, 0) is 6.92 Å². The Morgan fingerprint density at radius 3 is 2.55 bits per heavy atom. The molecule has 0 spiro atoms. The van der Waals surface area contributed by atoms with Crippen LogP contribution in [0.1, 0.15) is 17.0 Å². The van der Waals surface area contributed by atoms with Crippen molar-refractivity contribution in [2.45, 2.75) is 6.92 Å². The fourth-order valence-electron chi connectivity index (χ4n) is 2.59. The van der Waals surface area contributed by atoms with Crippen LogP contribution in [0.3, 0.4) is 0 Å². The highest BCUT2D eigenvalue weighted by atomic mass is 16.2. The predicted octanol–water partition coefficient (Wildman–Crippen LogP) is 1.54. The van der Waals surface area contributed by atoms with E-state index in [-0.39, 0.29) is 12.5 Å². The molecule has 1 aromatic carbocycles. The third-order valence-corrected chi connectivity index (χ3v) is 3.54. The molecule has 1 aliphatic rings. The number of aliphatic imine (C=N–C) groups is 1. The minimum atomic E-state index is -0.0201. The Balaban J connectivity index is 2.27. The number of carbonyl (C=O) groups excluding carboxylic acids is 1. The Labute approximate surface area is 117 Å². The maximum Gasteiger partial charge on any atom is 0.248 e.